The molecule has 4 saturated carbocycles. The zero-order valence-corrected chi connectivity index (χ0v) is 7.38. The molecule has 5 heteroatoms. The first-order chi connectivity index (χ1) is 6.49. The minimum Gasteiger partial charge on any atom is -0.481 e. The van der Waals surface area contributed by atoms with Gasteiger partial charge in [0.05, 0.1) is 5.92 Å². The van der Waals surface area contributed by atoms with E-state index in [1.807, 2.05) is 0 Å². The van der Waals surface area contributed by atoms with Crippen LogP contribution in [0.3, 0.4) is 0 Å². The molecule has 4 bridgehead atoms. The third kappa shape index (κ3) is 0.580. The highest BCUT2D eigenvalue weighted by molar-refractivity contribution is 5.86. The van der Waals surface area contributed by atoms with E-state index in [1.54, 1.807) is 0 Å². The van der Waals surface area contributed by atoms with Crippen LogP contribution in [0.25, 0.3) is 0 Å². The third-order valence-corrected chi connectivity index (χ3v) is 4.42. The molecule has 76 valence electrons. The number of hydrogen-bond donors (Lipinski definition) is 3. The lowest BCUT2D eigenvalue weighted by molar-refractivity contribution is -0.147. The van der Waals surface area contributed by atoms with Crippen LogP contribution in [0.5, 0.6) is 0 Å². The maximum absolute atomic E-state index is 11.0. The first-order valence-electron chi connectivity index (χ1n) is 4.74. The van der Waals surface area contributed by atoms with Crippen LogP contribution >= 0.6 is 0 Å². The lowest BCUT2D eigenvalue weighted by atomic mass is 9.85. The number of rotatable bonds is 2. The van der Waals surface area contributed by atoms with Crippen molar-refractivity contribution in [2.24, 2.45) is 35.3 Å². The van der Waals surface area contributed by atoms with E-state index in [0.717, 1.165) is 0 Å². The molecule has 0 aliphatic heterocycles. The largest absolute Gasteiger partial charge is 0.481 e. The molecule has 4 aliphatic carbocycles. The van der Waals surface area contributed by atoms with E-state index in [4.69, 9.17) is 15.9 Å². The van der Waals surface area contributed by atoms with E-state index < -0.39 is 23.4 Å². The van der Waals surface area contributed by atoms with Crippen molar-refractivity contribution in [3.63, 3.8) is 0 Å². The Kier molecular flexibility index (Phi) is 1.15. The Balaban J connectivity index is 2.03. The maximum Gasteiger partial charge on any atom is 0.324 e. The van der Waals surface area contributed by atoms with Gasteiger partial charge in [0.25, 0.3) is 0 Å². The van der Waals surface area contributed by atoms with Gasteiger partial charge in [0.1, 0.15) is 5.54 Å². The van der Waals surface area contributed by atoms with Crippen molar-refractivity contribution in [1.29, 1.82) is 0 Å². The Hall–Kier alpha value is -1.10. The molecule has 4 N–H and O–H groups in total. The summed E-state index contributed by atoms with van der Waals surface area (Å²) in [6.07, 6.45) is 0.690. The molecule has 4 aliphatic rings. The van der Waals surface area contributed by atoms with Crippen LogP contribution in [0.4, 0.5) is 0 Å². The smallest absolute Gasteiger partial charge is 0.324 e. The van der Waals surface area contributed by atoms with Crippen LogP contribution in [-0.2, 0) is 9.59 Å². The van der Waals surface area contributed by atoms with Crippen LogP contribution in [-0.4, -0.2) is 27.7 Å². The van der Waals surface area contributed by atoms with Gasteiger partial charge in [0, 0.05) is 5.92 Å². The summed E-state index contributed by atoms with van der Waals surface area (Å²) in [5.41, 5.74) is 4.59. The number of carboxylic acids is 2. The van der Waals surface area contributed by atoms with E-state index in [0.29, 0.717) is 6.42 Å². The molecule has 0 spiro atoms. The zero-order valence-electron chi connectivity index (χ0n) is 7.38. The van der Waals surface area contributed by atoms with Crippen LogP contribution in [0.2, 0.25) is 0 Å². The third-order valence-electron chi connectivity index (χ3n) is 4.42. The number of carbonyl (C=O) groups is 2. The number of carboxylic acid groups (broad SMARTS) is 2. The highest BCUT2D eigenvalue weighted by atomic mass is 16.4. The molecule has 4 rings (SSSR count). The lowest BCUT2D eigenvalue weighted by Gasteiger charge is -2.24. The van der Waals surface area contributed by atoms with Crippen LogP contribution in [0.15, 0.2) is 0 Å². The summed E-state index contributed by atoms with van der Waals surface area (Å²) in [5, 5.41) is 18.0. The van der Waals surface area contributed by atoms with Gasteiger partial charge in [0.15, 0.2) is 0 Å². The molecule has 0 aromatic rings. The maximum atomic E-state index is 11.0. The van der Waals surface area contributed by atoms with Crippen molar-refractivity contribution < 1.29 is 19.8 Å². The van der Waals surface area contributed by atoms with Gasteiger partial charge in [-0.05, 0) is 24.2 Å². The normalized spacial score (nSPS) is 57.4. The molecule has 0 aromatic carbocycles. The first kappa shape index (κ1) is 8.23. The lowest BCUT2D eigenvalue weighted by Crippen LogP contribution is -2.52. The van der Waals surface area contributed by atoms with Crippen molar-refractivity contribution in [2.45, 2.75) is 12.0 Å². The highest BCUT2D eigenvalue weighted by Crippen LogP contribution is 2.76. The van der Waals surface area contributed by atoms with Gasteiger partial charge in [-0.1, -0.05) is 0 Å². The fourth-order valence-electron chi connectivity index (χ4n) is 3.95. The van der Waals surface area contributed by atoms with Gasteiger partial charge < -0.3 is 15.9 Å². The van der Waals surface area contributed by atoms with Crippen molar-refractivity contribution >= 4 is 11.9 Å². The van der Waals surface area contributed by atoms with E-state index in [1.165, 1.54) is 0 Å². The Bertz CT molecular complexity index is 355. The van der Waals surface area contributed by atoms with Gasteiger partial charge in [-0.3, -0.25) is 9.59 Å². The number of nitrogens with two attached hydrogens (primary N) is 1. The first-order valence-corrected chi connectivity index (χ1v) is 4.74. The molecule has 14 heavy (non-hydrogen) atoms. The van der Waals surface area contributed by atoms with E-state index >= 15 is 0 Å². The van der Waals surface area contributed by atoms with Crippen LogP contribution in [0, 0.1) is 29.6 Å². The molecule has 0 unspecified atom stereocenters. The molecule has 0 saturated heterocycles. The molecular weight excluding hydrogens is 186 g/mol. The summed E-state index contributed by atoms with van der Waals surface area (Å²) < 4.78 is 0. The van der Waals surface area contributed by atoms with Crippen LogP contribution in [0.1, 0.15) is 6.42 Å². The Morgan fingerprint density at radius 2 is 2.00 bits per heavy atom. The molecule has 0 amide bonds. The second-order valence-electron chi connectivity index (χ2n) is 4.71. The van der Waals surface area contributed by atoms with Crippen LogP contribution < -0.4 is 5.73 Å². The fourth-order valence-corrected chi connectivity index (χ4v) is 3.95. The van der Waals surface area contributed by atoms with Crippen molar-refractivity contribution in [1.82, 2.24) is 0 Å². The second-order valence-corrected chi connectivity index (χ2v) is 4.71. The number of hydrogen-bond acceptors (Lipinski definition) is 3. The van der Waals surface area contributed by atoms with E-state index in [2.05, 4.69) is 0 Å². The molecule has 6 atom stereocenters. The molecule has 4 fully saturated rings. The van der Waals surface area contributed by atoms with Crippen molar-refractivity contribution in [2.75, 3.05) is 0 Å². The Morgan fingerprint density at radius 1 is 1.36 bits per heavy atom. The SMILES string of the molecule is N[C@@]1(C(=O)O)[C@@H]2[C@@H]3C[C@H]1[C@@H](C(=O)O)[C@@H]32. The minimum atomic E-state index is -1.25. The molecule has 0 heterocycles. The van der Waals surface area contributed by atoms with Gasteiger partial charge in [-0.15, -0.1) is 0 Å². The average molecular weight is 197 g/mol. The number of aliphatic carboxylic acids is 2. The molecule has 5 nitrogen and oxygen atoms in total. The summed E-state index contributed by atoms with van der Waals surface area (Å²) in [7, 11) is 0. The second kappa shape index (κ2) is 1.95. The van der Waals surface area contributed by atoms with Gasteiger partial charge in [-0.25, -0.2) is 0 Å². The minimum absolute atomic E-state index is 0.0404. The quantitative estimate of drug-likeness (QED) is 0.547. The van der Waals surface area contributed by atoms with Gasteiger partial charge >= 0.3 is 11.9 Å². The monoisotopic (exact) mass is 197 g/mol. The predicted molar refractivity (Wildman–Crippen MR) is 44.3 cm³/mol. The average Bonchev–Trinajstić information content (AvgIpc) is 2.46. The van der Waals surface area contributed by atoms with E-state index in [-0.39, 0.29) is 23.7 Å². The standard InChI is InChI=1S/C9H11NO4/c10-9(8(13)14)3-1-2-4(6(2)9)5(3)7(11)12/h2-6H,1,10H2,(H,11,12)(H,13,14)/t2-,3+,4-,5-,6-,9-/m1/s1. The fraction of sp³-hybridized carbons (Fsp3) is 0.778. The van der Waals surface area contributed by atoms with Crippen molar-refractivity contribution in [3.05, 3.63) is 0 Å². The summed E-state index contributed by atoms with van der Waals surface area (Å²) in [5.74, 6) is -2.53. The van der Waals surface area contributed by atoms with E-state index in [9.17, 15) is 9.59 Å². The van der Waals surface area contributed by atoms with Gasteiger partial charge in [0.2, 0.25) is 0 Å². The molecular formula is C9H11NO4. The van der Waals surface area contributed by atoms with Crippen molar-refractivity contribution in [3.8, 4) is 0 Å². The summed E-state index contributed by atoms with van der Waals surface area (Å²) in [4.78, 5) is 22.0. The Labute approximate surface area is 79.9 Å². The molecule has 0 aromatic heterocycles. The highest BCUT2D eigenvalue weighted by Gasteiger charge is 2.82. The zero-order chi connectivity index (χ0) is 10.2. The Morgan fingerprint density at radius 3 is 2.29 bits per heavy atom. The van der Waals surface area contributed by atoms with Gasteiger partial charge in [-0.2, -0.15) is 0 Å². The molecule has 0 radical (unpaired) electrons. The summed E-state index contributed by atoms with van der Waals surface area (Å²) in [6, 6.07) is 0. The summed E-state index contributed by atoms with van der Waals surface area (Å²) >= 11 is 0. The predicted octanol–water partition coefficient (Wildman–Crippen LogP) is -0.635. The topological polar surface area (TPSA) is 101 Å². The summed E-state index contributed by atoms with van der Waals surface area (Å²) in [6.45, 7) is 0.